The molecule has 1 aliphatic carbocycles. The molecule has 0 unspecified atom stereocenters. The fraction of sp³-hybridized carbons (Fsp3) is 0.565. The highest BCUT2D eigenvalue weighted by Gasteiger charge is 2.35. The van der Waals surface area contributed by atoms with E-state index in [2.05, 4.69) is 20.8 Å². The molecule has 2 N–H and O–H groups in total. The maximum Gasteiger partial charge on any atom is 0.318 e. The summed E-state index contributed by atoms with van der Waals surface area (Å²) in [5.74, 6) is -0.373. The lowest BCUT2D eigenvalue weighted by Gasteiger charge is -2.28. The van der Waals surface area contributed by atoms with E-state index in [4.69, 9.17) is 0 Å². The average Bonchev–Trinajstić information content (AvgIpc) is 3.49. The first-order valence-electron chi connectivity index (χ1n) is 11.8. The fourth-order valence-electron chi connectivity index (χ4n) is 4.47. The number of hydrogen-bond donors (Lipinski definition) is 2. The molecule has 3 amide bonds. The summed E-state index contributed by atoms with van der Waals surface area (Å²) < 4.78 is 25.1. The number of aromatic nitrogens is 2. The fourth-order valence-corrected chi connectivity index (χ4v) is 6.59. The molecule has 11 heteroatoms. The van der Waals surface area contributed by atoms with Gasteiger partial charge in [0.25, 0.3) is 0 Å². The summed E-state index contributed by atoms with van der Waals surface area (Å²) in [7, 11) is -3.43. The lowest BCUT2D eigenvalue weighted by molar-refractivity contribution is -0.119. The Morgan fingerprint density at radius 1 is 1.06 bits per heavy atom. The molecule has 9 nitrogen and oxygen atoms in total. The Labute approximate surface area is 204 Å². The summed E-state index contributed by atoms with van der Waals surface area (Å²) in [6.07, 6.45) is 7.03. The van der Waals surface area contributed by atoms with Crippen LogP contribution in [0.3, 0.4) is 0 Å². The zero-order valence-corrected chi connectivity index (χ0v) is 21.0. The van der Waals surface area contributed by atoms with Crippen LogP contribution in [0.5, 0.6) is 0 Å². The van der Waals surface area contributed by atoms with Crippen molar-refractivity contribution in [2.45, 2.75) is 75.3 Å². The molecule has 1 saturated heterocycles. The van der Waals surface area contributed by atoms with Gasteiger partial charge in [0.05, 0.1) is 10.6 Å². The number of benzene rings is 1. The zero-order valence-electron chi connectivity index (χ0n) is 19.3. The van der Waals surface area contributed by atoms with E-state index in [0.717, 1.165) is 49.0 Å². The minimum absolute atomic E-state index is 0.0869. The Kier molecular flexibility index (Phi) is 7.82. The van der Waals surface area contributed by atoms with Crippen molar-refractivity contribution >= 4 is 38.2 Å². The Hall–Kier alpha value is -2.53. The molecule has 1 saturated carbocycles. The van der Waals surface area contributed by atoms with Gasteiger partial charge in [-0.15, -0.1) is 10.2 Å². The van der Waals surface area contributed by atoms with Gasteiger partial charge in [-0.25, -0.2) is 13.2 Å². The van der Waals surface area contributed by atoms with Gasteiger partial charge in [-0.3, -0.25) is 10.1 Å². The van der Waals surface area contributed by atoms with Crippen LogP contribution in [0.25, 0.3) is 0 Å². The van der Waals surface area contributed by atoms with Gasteiger partial charge in [0.1, 0.15) is 11.0 Å². The number of carbonyl (C=O) groups excluding carboxylic acids is 2. The Bertz CT molecular complexity index is 1110. The first-order valence-corrected chi connectivity index (χ1v) is 14.3. The highest BCUT2D eigenvalue weighted by Crippen LogP contribution is 2.23. The minimum atomic E-state index is -3.43. The first-order chi connectivity index (χ1) is 16.3. The molecule has 2 fully saturated rings. The maximum absolute atomic E-state index is 12.9. The van der Waals surface area contributed by atoms with Crippen LogP contribution >= 0.6 is 11.3 Å². The number of likely N-dealkylation sites (tertiary alicyclic amines) is 1. The molecule has 0 radical (unpaired) electrons. The summed E-state index contributed by atoms with van der Waals surface area (Å²) in [5.41, 5.74) is 0.996. The van der Waals surface area contributed by atoms with Crippen LogP contribution in [0.4, 0.5) is 9.93 Å². The van der Waals surface area contributed by atoms with Crippen molar-refractivity contribution in [3.63, 3.8) is 0 Å². The van der Waals surface area contributed by atoms with Gasteiger partial charge >= 0.3 is 6.03 Å². The van der Waals surface area contributed by atoms with Gasteiger partial charge in [-0.05, 0) is 44.7 Å². The monoisotopic (exact) mass is 505 g/mol. The van der Waals surface area contributed by atoms with Gasteiger partial charge in [-0.2, -0.15) is 0 Å². The van der Waals surface area contributed by atoms with E-state index >= 15 is 0 Å². The van der Waals surface area contributed by atoms with E-state index in [0.29, 0.717) is 23.1 Å². The SMILES string of the molecule is Cc1ccc(S(=O)(=O)CCc2nnc(NC(=O)[C@H]3CCCN3C(=O)NC3CCCCC3)s2)cc1. The minimum Gasteiger partial charge on any atom is -0.335 e. The molecule has 34 heavy (non-hydrogen) atoms. The highest BCUT2D eigenvalue weighted by molar-refractivity contribution is 7.91. The molecule has 0 bridgehead atoms. The molecular formula is C23H31N5O4S2. The second kappa shape index (κ2) is 10.8. The summed E-state index contributed by atoms with van der Waals surface area (Å²) in [6, 6.07) is 6.22. The zero-order chi connectivity index (χ0) is 24.1. The van der Waals surface area contributed by atoms with E-state index in [-0.39, 0.29) is 35.0 Å². The lowest BCUT2D eigenvalue weighted by atomic mass is 9.96. The van der Waals surface area contributed by atoms with Crippen molar-refractivity contribution in [1.82, 2.24) is 20.4 Å². The van der Waals surface area contributed by atoms with Crippen molar-refractivity contribution in [3.05, 3.63) is 34.8 Å². The van der Waals surface area contributed by atoms with E-state index in [1.807, 2.05) is 6.92 Å². The molecule has 4 rings (SSSR count). The number of nitrogens with one attached hydrogen (secondary N) is 2. The molecule has 2 heterocycles. The third-order valence-electron chi connectivity index (χ3n) is 6.41. The van der Waals surface area contributed by atoms with E-state index in [1.54, 1.807) is 29.2 Å². The molecule has 2 aliphatic rings. The number of urea groups is 1. The topological polar surface area (TPSA) is 121 Å². The standard InChI is InChI=1S/C23H31N5O4S2/c1-16-9-11-18(12-10-16)34(31,32)15-13-20-26-27-22(33-20)25-21(29)19-8-5-14-28(19)23(30)24-17-6-3-2-4-7-17/h9-12,17,19H,2-8,13-15H2,1H3,(H,24,30)(H,25,27,29)/t19-/m1/s1. The van der Waals surface area contributed by atoms with Crippen LogP contribution in [0, 0.1) is 6.92 Å². The Balaban J connectivity index is 1.30. The number of rotatable bonds is 7. The van der Waals surface area contributed by atoms with Gasteiger partial charge in [-0.1, -0.05) is 48.3 Å². The number of nitrogens with zero attached hydrogens (tertiary/aromatic N) is 3. The number of aryl methyl sites for hydroxylation is 2. The van der Waals surface area contributed by atoms with Crippen LogP contribution < -0.4 is 10.6 Å². The van der Waals surface area contributed by atoms with Crippen molar-refractivity contribution in [1.29, 1.82) is 0 Å². The van der Waals surface area contributed by atoms with Crippen LogP contribution in [0.2, 0.25) is 0 Å². The molecular weight excluding hydrogens is 474 g/mol. The lowest BCUT2D eigenvalue weighted by Crippen LogP contribution is -2.50. The average molecular weight is 506 g/mol. The van der Waals surface area contributed by atoms with E-state index in [1.165, 1.54) is 6.42 Å². The number of carbonyl (C=O) groups is 2. The quantitative estimate of drug-likeness (QED) is 0.595. The van der Waals surface area contributed by atoms with Crippen molar-refractivity contribution in [3.8, 4) is 0 Å². The molecule has 0 spiro atoms. The van der Waals surface area contributed by atoms with Crippen LogP contribution in [0.1, 0.15) is 55.5 Å². The molecule has 1 aliphatic heterocycles. The number of sulfone groups is 1. The third-order valence-corrected chi connectivity index (χ3v) is 9.04. The molecule has 1 aromatic heterocycles. The second-order valence-corrected chi connectivity index (χ2v) is 12.2. The smallest absolute Gasteiger partial charge is 0.318 e. The Morgan fingerprint density at radius 2 is 1.79 bits per heavy atom. The third kappa shape index (κ3) is 6.12. The summed E-state index contributed by atoms with van der Waals surface area (Å²) in [4.78, 5) is 27.5. The van der Waals surface area contributed by atoms with Gasteiger partial charge < -0.3 is 10.2 Å². The molecule has 184 valence electrons. The highest BCUT2D eigenvalue weighted by atomic mass is 32.2. The van der Waals surface area contributed by atoms with Crippen LogP contribution in [-0.4, -0.2) is 59.8 Å². The van der Waals surface area contributed by atoms with Crippen molar-refractivity contribution < 1.29 is 18.0 Å². The summed E-state index contributed by atoms with van der Waals surface area (Å²) in [5, 5.41) is 14.7. The normalized spacial score (nSPS) is 19.2. The van der Waals surface area contributed by atoms with Crippen LogP contribution in [0.15, 0.2) is 29.2 Å². The number of amides is 3. The van der Waals surface area contributed by atoms with Gasteiger partial charge in [0.15, 0.2) is 9.84 Å². The summed E-state index contributed by atoms with van der Waals surface area (Å²) >= 11 is 1.16. The molecule has 1 atom stereocenters. The largest absolute Gasteiger partial charge is 0.335 e. The summed E-state index contributed by atoms with van der Waals surface area (Å²) in [6.45, 7) is 2.45. The predicted octanol–water partition coefficient (Wildman–Crippen LogP) is 3.31. The van der Waals surface area contributed by atoms with Crippen LogP contribution in [-0.2, 0) is 21.1 Å². The predicted molar refractivity (Wildman–Crippen MR) is 131 cm³/mol. The molecule has 1 aromatic carbocycles. The first kappa shape index (κ1) is 24.6. The van der Waals surface area contributed by atoms with Gasteiger partial charge in [0.2, 0.25) is 11.0 Å². The van der Waals surface area contributed by atoms with Crippen molar-refractivity contribution in [2.75, 3.05) is 17.6 Å². The van der Waals surface area contributed by atoms with E-state index < -0.39 is 15.9 Å². The van der Waals surface area contributed by atoms with E-state index in [9.17, 15) is 18.0 Å². The van der Waals surface area contributed by atoms with Gasteiger partial charge in [0, 0.05) is 19.0 Å². The molecule has 2 aromatic rings. The maximum atomic E-state index is 12.9. The number of anilines is 1. The number of hydrogen-bond acceptors (Lipinski definition) is 7. The Morgan fingerprint density at radius 3 is 2.53 bits per heavy atom. The second-order valence-electron chi connectivity index (χ2n) is 9.01. The van der Waals surface area contributed by atoms with Crippen molar-refractivity contribution in [2.24, 2.45) is 0 Å².